The van der Waals surface area contributed by atoms with E-state index in [1.165, 1.54) is 0 Å². The first kappa shape index (κ1) is 18.1. The van der Waals surface area contributed by atoms with Crippen molar-refractivity contribution in [2.24, 2.45) is 0 Å². The Morgan fingerprint density at radius 2 is 1.74 bits per heavy atom. The van der Waals surface area contributed by atoms with Gasteiger partial charge in [0.25, 0.3) is 0 Å². The Kier molecular flexibility index (Phi) is 6.34. The minimum Gasteiger partial charge on any atom is -0.462 e. The fraction of sp³-hybridized carbons (Fsp3) is 0.625. The summed E-state index contributed by atoms with van der Waals surface area (Å²) in [6, 6.07) is 7.06. The van der Waals surface area contributed by atoms with Crippen LogP contribution in [0.5, 0.6) is 5.75 Å². The van der Waals surface area contributed by atoms with Gasteiger partial charge >= 0.3 is 0 Å². The first-order chi connectivity index (χ1) is 10.9. The number of aliphatic hydroxyl groups excluding tert-OH is 5. The lowest BCUT2D eigenvalue weighted by molar-refractivity contribution is -0.277. The van der Waals surface area contributed by atoms with Gasteiger partial charge in [-0.2, -0.15) is 0 Å². The molecule has 6 atom stereocenters. The van der Waals surface area contributed by atoms with Crippen molar-refractivity contribution in [3.8, 4) is 5.75 Å². The van der Waals surface area contributed by atoms with E-state index in [-0.39, 0.29) is 6.10 Å². The number of hydrogen-bond acceptors (Lipinski definition) is 7. The molecule has 0 saturated carbocycles. The van der Waals surface area contributed by atoms with E-state index in [9.17, 15) is 20.4 Å². The third-order valence-electron chi connectivity index (χ3n) is 3.87. The van der Waals surface area contributed by atoms with Crippen molar-refractivity contribution in [3.63, 3.8) is 0 Å². The zero-order valence-electron chi connectivity index (χ0n) is 12.9. The third kappa shape index (κ3) is 4.63. The average Bonchev–Trinajstić information content (AvgIpc) is 2.54. The summed E-state index contributed by atoms with van der Waals surface area (Å²) in [5, 5.41) is 47.8. The summed E-state index contributed by atoms with van der Waals surface area (Å²) >= 11 is 0. The molecule has 1 unspecified atom stereocenters. The molecular formula is C16H24O7. The van der Waals surface area contributed by atoms with Crippen molar-refractivity contribution in [1.82, 2.24) is 0 Å². The van der Waals surface area contributed by atoms with Crippen LogP contribution in [0.1, 0.15) is 18.9 Å². The molecule has 23 heavy (non-hydrogen) atoms. The van der Waals surface area contributed by atoms with E-state index in [2.05, 4.69) is 0 Å². The minimum absolute atomic E-state index is 0.361. The first-order valence-electron chi connectivity index (χ1n) is 7.66. The maximum Gasteiger partial charge on any atom is 0.229 e. The van der Waals surface area contributed by atoms with Crippen molar-refractivity contribution in [1.29, 1.82) is 0 Å². The molecule has 1 heterocycles. The molecule has 1 aliphatic heterocycles. The van der Waals surface area contributed by atoms with Crippen LogP contribution in [-0.2, 0) is 11.2 Å². The van der Waals surface area contributed by atoms with E-state index in [0.29, 0.717) is 12.2 Å². The molecule has 0 aromatic heterocycles. The summed E-state index contributed by atoms with van der Waals surface area (Å²) in [5.41, 5.74) is 1.03. The Labute approximate surface area is 134 Å². The molecule has 1 aromatic rings. The van der Waals surface area contributed by atoms with Crippen LogP contribution in [0.15, 0.2) is 24.3 Å². The quantitative estimate of drug-likeness (QED) is 0.463. The number of ether oxygens (including phenoxy) is 2. The zero-order chi connectivity index (χ0) is 17.0. The highest BCUT2D eigenvalue weighted by Gasteiger charge is 2.44. The van der Waals surface area contributed by atoms with Crippen LogP contribution in [0.2, 0.25) is 0 Å². The Morgan fingerprint density at radius 3 is 2.30 bits per heavy atom. The van der Waals surface area contributed by atoms with Gasteiger partial charge in [-0.3, -0.25) is 0 Å². The van der Waals surface area contributed by atoms with Crippen molar-refractivity contribution >= 4 is 0 Å². The van der Waals surface area contributed by atoms with E-state index in [1.807, 2.05) is 12.1 Å². The van der Waals surface area contributed by atoms with Gasteiger partial charge in [-0.05, 0) is 37.5 Å². The lowest BCUT2D eigenvalue weighted by Crippen LogP contribution is -2.60. The average molecular weight is 328 g/mol. The Morgan fingerprint density at radius 1 is 1.09 bits per heavy atom. The Hall–Kier alpha value is -1.22. The predicted octanol–water partition coefficient (Wildman–Crippen LogP) is -0.821. The van der Waals surface area contributed by atoms with Crippen molar-refractivity contribution in [3.05, 3.63) is 29.8 Å². The van der Waals surface area contributed by atoms with Gasteiger partial charge in [0.2, 0.25) is 6.29 Å². The molecule has 0 bridgehead atoms. The van der Waals surface area contributed by atoms with E-state index >= 15 is 0 Å². The number of aryl methyl sites for hydroxylation is 1. The molecule has 2 rings (SSSR count). The Balaban J connectivity index is 1.97. The summed E-state index contributed by atoms with van der Waals surface area (Å²) in [4.78, 5) is 0. The molecule has 7 nitrogen and oxygen atoms in total. The fourth-order valence-corrected chi connectivity index (χ4v) is 2.41. The lowest BCUT2D eigenvalue weighted by atomic mass is 9.99. The summed E-state index contributed by atoms with van der Waals surface area (Å²) < 4.78 is 10.8. The van der Waals surface area contributed by atoms with E-state index in [0.717, 1.165) is 12.0 Å². The highest BCUT2D eigenvalue weighted by Crippen LogP contribution is 2.24. The summed E-state index contributed by atoms with van der Waals surface area (Å²) in [7, 11) is 0. The zero-order valence-corrected chi connectivity index (χ0v) is 12.9. The van der Waals surface area contributed by atoms with Gasteiger partial charge in [-0.25, -0.2) is 0 Å². The largest absolute Gasteiger partial charge is 0.462 e. The van der Waals surface area contributed by atoms with Crippen molar-refractivity contribution < 1.29 is 35.0 Å². The molecule has 0 amide bonds. The molecule has 1 aromatic carbocycles. The van der Waals surface area contributed by atoms with Crippen LogP contribution in [0.25, 0.3) is 0 Å². The van der Waals surface area contributed by atoms with E-state index < -0.39 is 37.3 Å². The molecule has 7 heteroatoms. The first-order valence-corrected chi connectivity index (χ1v) is 7.66. The molecular weight excluding hydrogens is 304 g/mol. The number of aliphatic hydroxyl groups is 5. The van der Waals surface area contributed by atoms with Gasteiger partial charge in [0.05, 0.1) is 12.7 Å². The highest BCUT2D eigenvalue weighted by atomic mass is 16.7. The third-order valence-corrected chi connectivity index (χ3v) is 3.87. The maximum absolute atomic E-state index is 9.91. The van der Waals surface area contributed by atoms with Gasteiger partial charge in [0, 0.05) is 0 Å². The summed E-state index contributed by atoms with van der Waals surface area (Å²) in [6.07, 6.45) is -5.44. The standard InChI is InChI=1S/C16H24O7/c1-9(18)2-3-10-4-6-11(7-5-10)22-16-15(21)14(20)13(19)12(8-17)23-16/h4-7,9,12-21H,2-3,8H2,1H3/t9?,12-,13-,14+,15-,16+/m1/s1. The van der Waals surface area contributed by atoms with Gasteiger partial charge < -0.3 is 35.0 Å². The van der Waals surface area contributed by atoms with Gasteiger partial charge in [0.15, 0.2) is 0 Å². The molecule has 130 valence electrons. The number of benzene rings is 1. The smallest absolute Gasteiger partial charge is 0.229 e. The molecule has 0 spiro atoms. The van der Waals surface area contributed by atoms with Crippen molar-refractivity contribution in [2.45, 2.75) is 56.6 Å². The summed E-state index contributed by atoms with van der Waals surface area (Å²) in [5.74, 6) is 0.426. The summed E-state index contributed by atoms with van der Waals surface area (Å²) in [6.45, 7) is 1.24. The van der Waals surface area contributed by atoms with Gasteiger partial charge in [-0.15, -0.1) is 0 Å². The fourth-order valence-electron chi connectivity index (χ4n) is 2.41. The second kappa shape index (κ2) is 8.05. The minimum atomic E-state index is -1.46. The number of rotatable bonds is 6. The van der Waals surface area contributed by atoms with E-state index in [1.54, 1.807) is 19.1 Å². The van der Waals surface area contributed by atoms with Crippen LogP contribution < -0.4 is 4.74 Å². The highest BCUT2D eigenvalue weighted by molar-refractivity contribution is 5.27. The Bertz CT molecular complexity index is 474. The molecule has 0 radical (unpaired) electrons. The topological polar surface area (TPSA) is 120 Å². The van der Waals surface area contributed by atoms with Crippen LogP contribution >= 0.6 is 0 Å². The molecule has 0 aliphatic carbocycles. The second-order valence-electron chi connectivity index (χ2n) is 5.85. The molecule has 1 aliphatic rings. The van der Waals surface area contributed by atoms with E-state index in [4.69, 9.17) is 14.6 Å². The van der Waals surface area contributed by atoms with Crippen molar-refractivity contribution in [2.75, 3.05) is 6.61 Å². The molecule has 1 fully saturated rings. The second-order valence-corrected chi connectivity index (χ2v) is 5.85. The van der Waals surface area contributed by atoms with Crippen LogP contribution in [0.4, 0.5) is 0 Å². The van der Waals surface area contributed by atoms with Crippen LogP contribution in [0.3, 0.4) is 0 Å². The number of hydrogen-bond donors (Lipinski definition) is 5. The van der Waals surface area contributed by atoms with Crippen LogP contribution in [-0.4, -0.2) is 68.9 Å². The molecule has 5 N–H and O–H groups in total. The molecule has 1 saturated heterocycles. The van der Waals surface area contributed by atoms with Gasteiger partial charge in [-0.1, -0.05) is 12.1 Å². The predicted molar refractivity (Wildman–Crippen MR) is 80.8 cm³/mol. The SMILES string of the molecule is CC(O)CCc1ccc(O[C@H]2O[C@H](CO)[C@@H](O)[C@H](O)[C@H]2O)cc1. The van der Waals surface area contributed by atoms with Crippen LogP contribution in [0, 0.1) is 0 Å². The normalized spacial score (nSPS) is 32.5. The van der Waals surface area contributed by atoms with Gasteiger partial charge in [0.1, 0.15) is 30.2 Å². The lowest BCUT2D eigenvalue weighted by Gasteiger charge is -2.39. The maximum atomic E-state index is 9.91. The monoisotopic (exact) mass is 328 g/mol.